The normalized spacial score (nSPS) is 10.0. The van der Waals surface area contributed by atoms with Crippen LogP contribution in [0.25, 0.3) is 11.1 Å². The van der Waals surface area contributed by atoms with Crippen molar-refractivity contribution in [2.45, 2.75) is 27.7 Å². The van der Waals surface area contributed by atoms with Crippen LogP contribution in [-0.2, 0) is 0 Å². The van der Waals surface area contributed by atoms with E-state index in [9.17, 15) is 0 Å². The fourth-order valence-electron chi connectivity index (χ4n) is 1.75. The summed E-state index contributed by atoms with van der Waals surface area (Å²) < 4.78 is 0. The topological polar surface area (TPSA) is 0 Å². The Morgan fingerprint density at radius 2 is 1.14 bits per heavy atom. The second-order valence-corrected chi connectivity index (χ2v) is 3.97. The lowest BCUT2D eigenvalue weighted by Gasteiger charge is -2.13. The minimum atomic E-state index is 1.12. The fourth-order valence-corrected chi connectivity index (χ4v) is 1.75. The molecule has 0 aliphatic rings. The maximum absolute atomic E-state index is 3.98. The van der Waals surface area contributed by atoms with E-state index >= 15 is 0 Å². The van der Waals surface area contributed by atoms with Crippen LogP contribution in [-0.4, -0.2) is 0 Å². The molecule has 0 saturated carbocycles. The van der Waals surface area contributed by atoms with Gasteiger partial charge in [-0.05, 0) is 49.9 Å². The Balaban J connectivity index is 3.41. The van der Waals surface area contributed by atoms with Gasteiger partial charge >= 0.3 is 0 Å². The minimum Gasteiger partial charge on any atom is -0.0955 e. The molecular weight excluding hydrogens is 168 g/mol. The highest BCUT2D eigenvalue weighted by molar-refractivity contribution is 5.72. The molecule has 0 nitrogen and oxygen atoms in total. The summed E-state index contributed by atoms with van der Waals surface area (Å²) in [5.41, 5.74) is 7.40. The van der Waals surface area contributed by atoms with Gasteiger partial charge in [0.2, 0.25) is 0 Å². The number of hydrogen-bond donors (Lipinski definition) is 0. The van der Waals surface area contributed by atoms with E-state index in [0.717, 1.165) is 11.1 Å². The molecule has 0 unspecified atom stereocenters. The molecule has 0 saturated heterocycles. The van der Waals surface area contributed by atoms with Crippen LogP contribution >= 0.6 is 0 Å². The van der Waals surface area contributed by atoms with Crippen molar-refractivity contribution in [1.82, 2.24) is 0 Å². The van der Waals surface area contributed by atoms with Crippen LogP contribution < -0.4 is 0 Å². The van der Waals surface area contributed by atoms with E-state index in [-0.39, 0.29) is 0 Å². The van der Waals surface area contributed by atoms with Crippen molar-refractivity contribution < 1.29 is 0 Å². The summed E-state index contributed by atoms with van der Waals surface area (Å²) in [4.78, 5) is 0. The summed E-state index contributed by atoms with van der Waals surface area (Å²) in [6.45, 7) is 16.3. The van der Waals surface area contributed by atoms with E-state index in [4.69, 9.17) is 0 Å². The van der Waals surface area contributed by atoms with E-state index in [1.165, 1.54) is 22.3 Å². The Kier molecular flexibility index (Phi) is 2.95. The summed E-state index contributed by atoms with van der Waals surface area (Å²) >= 11 is 0. The van der Waals surface area contributed by atoms with Gasteiger partial charge in [0.1, 0.15) is 0 Å². The summed E-state index contributed by atoms with van der Waals surface area (Å²) in [6, 6.07) is 4.27. The summed E-state index contributed by atoms with van der Waals surface area (Å²) in [7, 11) is 0. The molecule has 0 N–H and O–H groups in total. The number of benzene rings is 1. The van der Waals surface area contributed by atoms with Crippen LogP contribution in [0.1, 0.15) is 36.1 Å². The third-order valence-corrected chi connectivity index (χ3v) is 2.71. The Hall–Kier alpha value is -1.30. The van der Waals surface area contributed by atoms with Crippen molar-refractivity contribution in [1.29, 1.82) is 0 Å². The Bertz CT molecular complexity index is 356. The number of hydrogen-bond acceptors (Lipinski definition) is 0. The van der Waals surface area contributed by atoms with Crippen molar-refractivity contribution in [2.24, 2.45) is 0 Å². The van der Waals surface area contributed by atoms with Crippen LogP contribution in [0.4, 0.5) is 0 Å². The van der Waals surface area contributed by atoms with E-state index in [1.807, 2.05) is 13.8 Å². The van der Waals surface area contributed by atoms with E-state index in [2.05, 4.69) is 39.1 Å². The third-order valence-electron chi connectivity index (χ3n) is 2.71. The van der Waals surface area contributed by atoms with Gasteiger partial charge in [-0.3, -0.25) is 0 Å². The van der Waals surface area contributed by atoms with E-state index < -0.39 is 0 Å². The van der Waals surface area contributed by atoms with Crippen LogP contribution in [0.3, 0.4) is 0 Å². The number of rotatable bonds is 2. The highest BCUT2D eigenvalue weighted by atomic mass is 14.1. The van der Waals surface area contributed by atoms with Gasteiger partial charge in [-0.1, -0.05) is 36.4 Å². The zero-order valence-electron chi connectivity index (χ0n) is 9.57. The first kappa shape index (κ1) is 10.8. The van der Waals surface area contributed by atoms with Gasteiger partial charge in [0, 0.05) is 0 Å². The van der Waals surface area contributed by atoms with E-state index in [1.54, 1.807) is 0 Å². The van der Waals surface area contributed by atoms with Crippen LogP contribution in [0, 0.1) is 13.8 Å². The van der Waals surface area contributed by atoms with Crippen molar-refractivity contribution in [3.8, 4) is 0 Å². The van der Waals surface area contributed by atoms with Crippen molar-refractivity contribution in [2.75, 3.05) is 0 Å². The van der Waals surface area contributed by atoms with Crippen molar-refractivity contribution in [3.05, 3.63) is 47.5 Å². The molecule has 0 heteroatoms. The monoisotopic (exact) mass is 186 g/mol. The zero-order chi connectivity index (χ0) is 10.9. The number of allylic oxidation sites excluding steroid dienone is 2. The Morgan fingerprint density at radius 1 is 0.857 bits per heavy atom. The smallest absolute Gasteiger partial charge is 0.0201 e. The van der Waals surface area contributed by atoms with Crippen molar-refractivity contribution in [3.63, 3.8) is 0 Å². The first-order valence-electron chi connectivity index (χ1n) is 4.87. The molecule has 0 aliphatic carbocycles. The molecule has 0 bridgehead atoms. The van der Waals surface area contributed by atoms with Gasteiger partial charge in [0.05, 0.1) is 0 Å². The summed E-state index contributed by atoms with van der Waals surface area (Å²) in [5.74, 6) is 0. The first-order valence-corrected chi connectivity index (χ1v) is 4.87. The standard InChI is InChI=1S/C14H18/c1-9(2)13-7-8-14(10(3)4)12(6)11(13)5/h7-8H,1,3H2,2,4-6H3. The minimum absolute atomic E-state index is 1.12. The van der Waals surface area contributed by atoms with Gasteiger partial charge < -0.3 is 0 Å². The second kappa shape index (κ2) is 3.83. The highest BCUT2D eigenvalue weighted by Gasteiger charge is 2.06. The molecule has 1 aromatic carbocycles. The van der Waals surface area contributed by atoms with Gasteiger partial charge in [0.15, 0.2) is 0 Å². The van der Waals surface area contributed by atoms with Crippen LogP contribution in [0.5, 0.6) is 0 Å². The molecule has 0 radical (unpaired) electrons. The third kappa shape index (κ3) is 1.79. The second-order valence-electron chi connectivity index (χ2n) is 3.97. The molecule has 0 spiro atoms. The molecule has 74 valence electrons. The average Bonchev–Trinajstić information content (AvgIpc) is 2.08. The fraction of sp³-hybridized carbons (Fsp3) is 0.286. The highest BCUT2D eigenvalue weighted by Crippen LogP contribution is 2.26. The summed E-state index contributed by atoms with van der Waals surface area (Å²) in [6.07, 6.45) is 0. The molecule has 1 aromatic rings. The molecule has 0 aliphatic heterocycles. The zero-order valence-corrected chi connectivity index (χ0v) is 9.57. The lowest BCUT2D eigenvalue weighted by atomic mass is 9.92. The molecule has 0 amide bonds. The van der Waals surface area contributed by atoms with Gasteiger partial charge in [-0.15, -0.1) is 0 Å². The molecule has 0 fully saturated rings. The van der Waals surface area contributed by atoms with Crippen molar-refractivity contribution >= 4 is 11.1 Å². The van der Waals surface area contributed by atoms with E-state index in [0.29, 0.717) is 0 Å². The largest absolute Gasteiger partial charge is 0.0955 e. The van der Waals surface area contributed by atoms with Gasteiger partial charge in [0.25, 0.3) is 0 Å². The lowest BCUT2D eigenvalue weighted by molar-refractivity contribution is 1.28. The molecule has 0 atom stereocenters. The average molecular weight is 186 g/mol. The lowest BCUT2D eigenvalue weighted by Crippen LogP contribution is -1.94. The van der Waals surface area contributed by atoms with Crippen LogP contribution in [0.15, 0.2) is 25.3 Å². The molecule has 0 heterocycles. The Morgan fingerprint density at radius 3 is 1.36 bits per heavy atom. The Labute approximate surface area is 87.0 Å². The molecule has 0 aromatic heterocycles. The first-order chi connectivity index (χ1) is 6.45. The molecule has 1 rings (SSSR count). The maximum Gasteiger partial charge on any atom is -0.0201 e. The SMILES string of the molecule is C=C(C)c1ccc(C(=C)C)c(C)c1C. The van der Waals surface area contributed by atoms with Crippen LogP contribution in [0.2, 0.25) is 0 Å². The predicted molar refractivity (Wildman–Crippen MR) is 65.3 cm³/mol. The summed E-state index contributed by atoms with van der Waals surface area (Å²) in [5, 5.41) is 0. The van der Waals surface area contributed by atoms with Gasteiger partial charge in [-0.25, -0.2) is 0 Å². The quantitative estimate of drug-likeness (QED) is 0.643. The van der Waals surface area contributed by atoms with Gasteiger partial charge in [-0.2, -0.15) is 0 Å². The maximum atomic E-state index is 3.98. The molecule has 14 heavy (non-hydrogen) atoms. The molecular formula is C14H18. The predicted octanol–water partition coefficient (Wildman–Crippen LogP) is 4.37.